The molecule has 2 rings (SSSR count). The first kappa shape index (κ1) is 14.2. The number of nitrogens with zero attached hydrogens (tertiary/aromatic N) is 2. The van der Waals surface area contributed by atoms with E-state index < -0.39 is 26.5 Å². The molecule has 104 valence electrons. The van der Waals surface area contributed by atoms with Gasteiger partial charge in [-0.1, -0.05) is 11.6 Å². The Morgan fingerprint density at radius 1 is 1.53 bits per heavy atom. The lowest BCUT2D eigenvalue weighted by atomic mass is 10.4. The molecule has 0 aliphatic carbocycles. The number of amides is 1. The minimum atomic E-state index is -3.93. The van der Waals surface area contributed by atoms with E-state index in [4.69, 9.17) is 11.6 Å². The lowest BCUT2D eigenvalue weighted by Crippen LogP contribution is -2.49. The van der Waals surface area contributed by atoms with E-state index in [0.29, 0.717) is 11.3 Å². The van der Waals surface area contributed by atoms with Gasteiger partial charge in [0.2, 0.25) is 5.91 Å². The fraction of sp³-hybridized carbons (Fsp3) is 0.375. The standard InChI is InChI=1S/C8H8ClN3O5S2/c9-8-5(12(14)15)3-7(18-8)19(16,17)11-2-1-10-6(13)4-11/h3H,1-2,4H2,(H,10,13). The van der Waals surface area contributed by atoms with Crippen LogP contribution in [0.15, 0.2) is 10.3 Å². The van der Waals surface area contributed by atoms with Crippen LogP contribution in [0.1, 0.15) is 0 Å². The van der Waals surface area contributed by atoms with Crippen LogP contribution in [0.2, 0.25) is 4.34 Å². The maximum absolute atomic E-state index is 12.2. The number of rotatable bonds is 3. The summed E-state index contributed by atoms with van der Waals surface area (Å²) < 4.78 is 24.9. The van der Waals surface area contributed by atoms with Crippen molar-refractivity contribution in [1.82, 2.24) is 9.62 Å². The molecule has 0 unspecified atom stereocenters. The molecule has 1 aromatic rings. The normalized spacial score (nSPS) is 17.2. The molecule has 0 atom stereocenters. The third-order valence-electron chi connectivity index (χ3n) is 2.44. The minimum absolute atomic E-state index is 0.122. The topological polar surface area (TPSA) is 110 Å². The monoisotopic (exact) mass is 325 g/mol. The second-order valence-corrected chi connectivity index (χ2v) is 7.49. The van der Waals surface area contributed by atoms with Crippen LogP contribution in [0.4, 0.5) is 5.69 Å². The van der Waals surface area contributed by atoms with Gasteiger partial charge in [-0.2, -0.15) is 4.31 Å². The first-order chi connectivity index (χ1) is 8.82. The van der Waals surface area contributed by atoms with Gasteiger partial charge in [-0.05, 0) is 0 Å². The van der Waals surface area contributed by atoms with Crippen molar-refractivity contribution in [2.45, 2.75) is 4.21 Å². The summed E-state index contributed by atoms with van der Waals surface area (Å²) in [5.41, 5.74) is -0.452. The summed E-state index contributed by atoms with van der Waals surface area (Å²) in [6.45, 7) is 0.0301. The predicted octanol–water partition coefficient (Wildman–Crippen LogP) is 0.430. The van der Waals surface area contributed by atoms with Crippen molar-refractivity contribution in [3.63, 3.8) is 0 Å². The van der Waals surface area contributed by atoms with Gasteiger partial charge >= 0.3 is 0 Å². The molecule has 0 saturated carbocycles. The van der Waals surface area contributed by atoms with E-state index in [-0.39, 0.29) is 28.2 Å². The highest BCUT2D eigenvalue weighted by molar-refractivity contribution is 7.91. The van der Waals surface area contributed by atoms with Crippen molar-refractivity contribution in [3.05, 3.63) is 20.5 Å². The molecule has 0 bridgehead atoms. The van der Waals surface area contributed by atoms with E-state index >= 15 is 0 Å². The van der Waals surface area contributed by atoms with Crippen molar-refractivity contribution in [3.8, 4) is 0 Å². The quantitative estimate of drug-likeness (QED) is 0.640. The lowest BCUT2D eigenvalue weighted by molar-refractivity contribution is -0.384. The molecule has 11 heteroatoms. The molecule has 19 heavy (non-hydrogen) atoms. The minimum Gasteiger partial charge on any atom is -0.354 e. The van der Waals surface area contributed by atoms with Crippen molar-refractivity contribution in [2.75, 3.05) is 19.6 Å². The summed E-state index contributed by atoms with van der Waals surface area (Å²) in [5.74, 6) is -0.410. The van der Waals surface area contributed by atoms with Gasteiger partial charge in [-0.25, -0.2) is 8.42 Å². The van der Waals surface area contributed by atoms with Crippen LogP contribution < -0.4 is 5.32 Å². The lowest BCUT2D eigenvalue weighted by Gasteiger charge is -2.24. The number of nitro groups is 1. The Bertz CT molecular complexity index is 641. The number of nitrogens with one attached hydrogen (secondary N) is 1. The molecule has 0 radical (unpaired) electrons. The fourth-order valence-corrected chi connectivity index (χ4v) is 4.75. The second kappa shape index (κ2) is 5.04. The van der Waals surface area contributed by atoms with E-state index in [1.165, 1.54) is 0 Å². The molecule has 1 amide bonds. The number of sulfonamides is 1. The Labute approximate surface area is 117 Å². The number of carbonyl (C=O) groups excluding carboxylic acids is 1. The highest BCUT2D eigenvalue weighted by Crippen LogP contribution is 2.37. The van der Waals surface area contributed by atoms with Crippen LogP contribution in [-0.2, 0) is 14.8 Å². The van der Waals surface area contributed by atoms with Crippen LogP contribution in [0, 0.1) is 10.1 Å². The number of halogens is 1. The van der Waals surface area contributed by atoms with E-state index in [0.717, 1.165) is 10.4 Å². The van der Waals surface area contributed by atoms with Crippen LogP contribution in [0.25, 0.3) is 0 Å². The summed E-state index contributed by atoms with van der Waals surface area (Å²) >= 11 is 6.24. The molecular formula is C8H8ClN3O5S2. The summed E-state index contributed by atoms with van der Waals surface area (Å²) in [7, 11) is -3.93. The zero-order valence-electron chi connectivity index (χ0n) is 9.33. The van der Waals surface area contributed by atoms with E-state index in [1.807, 2.05) is 0 Å². The number of thiophene rings is 1. The fourth-order valence-electron chi connectivity index (χ4n) is 1.54. The molecule has 0 spiro atoms. The zero-order chi connectivity index (χ0) is 14.2. The Morgan fingerprint density at radius 2 is 2.21 bits per heavy atom. The second-order valence-electron chi connectivity index (χ2n) is 3.67. The van der Waals surface area contributed by atoms with Crippen molar-refractivity contribution >= 4 is 44.6 Å². The SMILES string of the molecule is O=C1CN(S(=O)(=O)c2cc([N+](=O)[O-])c(Cl)s2)CCN1. The molecular weight excluding hydrogens is 318 g/mol. The number of carbonyl (C=O) groups is 1. The van der Waals surface area contributed by atoms with Crippen molar-refractivity contribution in [2.24, 2.45) is 0 Å². The average molecular weight is 326 g/mol. The molecule has 1 saturated heterocycles. The largest absolute Gasteiger partial charge is 0.354 e. The molecule has 1 aliphatic heterocycles. The summed E-state index contributed by atoms with van der Waals surface area (Å²) in [6, 6.07) is 0.912. The Balaban J connectivity index is 2.36. The molecule has 1 fully saturated rings. The maximum atomic E-state index is 12.2. The van der Waals surface area contributed by atoms with Crippen molar-refractivity contribution < 1.29 is 18.1 Å². The molecule has 1 aromatic heterocycles. The van der Waals surface area contributed by atoms with Gasteiger partial charge in [0.25, 0.3) is 15.7 Å². The predicted molar refractivity (Wildman–Crippen MR) is 67.8 cm³/mol. The number of hydrogen-bond donors (Lipinski definition) is 1. The highest BCUT2D eigenvalue weighted by atomic mass is 35.5. The van der Waals surface area contributed by atoms with Gasteiger partial charge in [-0.15, -0.1) is 11.3 Å². The highest BCUT2D eigenvalue weighted by Gasteiger charge is 2.33. The summed E-state index contributed by atoms with van der Waals surface area (Å²) in [6.07, 6.45) is 0. The van der Waals surface area contributed by atoms with Gasteiger partial charge in [0.05, 0.1) is 11.5 Å². The van der Waals surface area contributed by atoms with Crippen LogP contribution >= 0.6 is 22.9 Å². The van der Waals surface area contributed by atoms with E-state index in [2.05, 4.69) is 5.32 Å². The van der Waals surface area contributed by atoms with Gasteiger partial charge in [0, 0.05) is 19.2 Å². The molecule has 1 N–H and O–H groups in total. The maximum Gasteiger partial charge on any atom is 0.300 e. The van der Waals surface area contributed by atoms with E-state index in [9.17, 15) is 23.3 Å². The van der Waals surface area contributed by atoms with Crippen LogP contribution in [0.5, 0.6) is 0 Å². The van der Waals surface area contributed by atoms with Gasteiger partial charge < -0.3 is 5.32 Å². The Hall–Kier alpha value is -1.23. The zero-order valence-corrected chi connectivity index (χ0v) is 11.7. The third-order valence-corrected chi connectivity index (χ3v) is 6.07. The molecule has 2 heterocycles. The van der Waals surface area contributed by atoms with Crippen LogP contribution in [-0.4, -0.2) is 43.2 Å². The Morgan fingerprint density at radius 3 is 2.74 bits per heavy atom. The number of piperazine rings is 1. The van der Waals surface area contributed by atoms with Crippen LogP contribution in [0.3, 0.4) is 0 Å². The first-order valence-electron chi connectivity index (χ1n) is 5.03. The summed E-state index contributed by atoms with van der Waals surface area (Å²) in [5, 5.41) is 13.1. The number of hydrogen-bond acceptors (Lipinski definition) is 6. The van der Waals surface area contributed by atoms with E-state index in [1.54, 1.807) is 0 Å². The molecule has 8 nitrogen and oxygen atoms in total. The first-order valence-corrected chi connectivity index (χ1v) is 7.66. The van der Waals surface area contributed by atoms with Gasteiger partial charge in [0.1, 0.15) is 4.21 Å². The van der Waals surface area contributed by atoms with Gasteiger partial charge in [0.15, 0.2) is 4.34 Å². The molecule has 0 aromatic carbocycles. The smallest absolute Gasteiger partial charge is 0.300 e. The van der Waals surface area contributed by atoms with Crippen molar-refractivity contribution in [1.29, 1.82) is 0 Å². The Kier molecular flexibility index (Phi) is 3.76. The molecule has 1 aliphatic rings. The summed E-state index contributed by atoms with van der Waals surface area (Å²) in [4.78, 5) is 21.1. The van der Waals surface area contributed by atoms with Gasteiger partial charge in [-0.3, -0.25) is 14.9 Å². The third kappa shape index (κ3) is 2.71. The average Bonchev–Trinajstić information content (AvgIpc) is 2.72.